The second kappa shape index (κ2) is 4.41. The molecule has 2 aromatic heterocycles. The Labute approximate surface area is 108 Å². The van der Waals surface area contributed by atoms with E-state index in [1.807, 2.05) is 13.0 Å². The Kier molecular flexibility index (Phi) is 3.35. The fourth-order valence-electron chi connectivity index (χ4n) is 1.33. The molecule has 0 radical (unpaired) electrons. The normalized spacial score (nSPS) is 13.1. The van der Waals surface area contributed by atoms with Gasteiger partial charge in [0, 0.05) is 14.9 Å². The Balaban J connectivity index is 2.36. The van der Waals surface area contributed by atoms with E-state index in [9.17, 15) is 5.11 Å². The van der Waals surface area contributed by atoms with Crippen LogP contribution in [0.15, 0.2) is 31.1 Å². The zero-order chi connectivity index (χ0) is 11.0. The summed E-state index contributed by atoms with van der Waals surface area (Å²) in [5, 5.41) is 10.1. The number of aliphatic hydroxyl groups excluding tert-OH is 1. The van der Waals surface area contributed by atoms with E-state index < -0.39 is 6.10 Å². The summed E-state index contributed by atoms with van der Waals surface area (Å²) in [5.41, 5.74) is 0.816. The highest BCUT2D eigenvalue weighted by molar-refractivity contribution is 9.13. The number of thiophene rings is 1. The van der Waals surface area contributed by atoms with Crippen molar-refractivity contribution in [3.05, 3.63) is 42.9 Å². The minimum atomic E-state index is -0.614. The summed E-state index contributed by atoms with van der Waals surface area (Å²) in [6, 6.07) is 3.70. The Bertz CT molecular complexity index is 456. The lowest BCUT2D eigenvalue weighted by atomic mass is 10.1. The molecule has 0 saturated carbocycles. The van der Waals surface area contributed by atoms with E-state index in [-0.39, 0.29) is 0 Å². The molecule has 0 saturated heterocycles. The quantitative estimate of drug-likeness (QED) is 0.877. The van der Waals surface area contributed by atoms with Crippen LogP contribution in [0.4, 0.5) is 0 Å². The van der Waals surface area contributed by atoms with Gasteiger partial charge < -0.3 is 9.52 Å². The standard InChI is InChI=1S/C10H8Br2O2S/c1-5-6(2-3-14-5)9(13)8-4-7(11)10(12)15-8/h2-4,9,13H,1H3. The predicted molar refractivity (Wildman–Crippen MR) is 67.2 cm³/mol. The van der Waals surface area contributed by atoms with Crippen LogP contribution in [0.3, 0.4) is 0 Å². The molecule has 0 aliphatic rings. The van der Waals surface area contributed by atoms with Crippen molar-refractivity contribution in [1.29, 1.82) is 0 Å². The maximum absolute atomic E-state index is 10.1. The first-order chi connectivity index (χ1) is 7.09. The fraction of sp³-hybridized carbons (Fsp3) is 0.200. The van der Waals surface area contributed by atoms with E-state index in [0.29, 0.717) is 0 Å². The molecule has 2 rings (SSSR count). The first-order valence-electron chi connectivity index (χ1n) is 4.26. The number of furan rings is 1. The van der Waals surface area contributed by atoms with Crippen LogP contribution < -0.4 is 0 Å². The average molecular weight is 352 g/mol. The number of hydrogen-bond acceptors (Lipinski definition) is 3. The Hall–Kier alpha value is -0.1000. The Morgan fingerprint density at radius 3 is 2.67 bits per heavy atom. The molecule has 0 amide bonds. The minimum absolute atomic E-state index is 0.614. The van der Waals surface area contributed by atoms with Crippen LogP contribution in [0.1, 0.15) is 22.3 Å². The molecule has 15 heavy (non-hydrogen) atoms. The van der Waals surface area contributed by atoms with Gasteiger partial charge in [0.2, 0.25) is 0 Å². The van der Waals surface area contributed by atoms with Crippen LogP contribution in [0.5, 0.6) is 0 Å². The third-order valence-corrected chi connectivity index (χ3v) is 5.44. The molecule has 1 atom stereocenters. The van der Waals surface area contributed by atoms with Gasteiger partial charge in [0.25, 0.3) is 0 Å². The van der Waals surface area contributed by atoms with Crippen molar-refractivity contribution < 1.29 is 9.52 Å². The van der Waals surface area contributed by atoms with E-state index in [2.05, 4.69) is 31.9 Å². The number of rotatable bonds is 2. The number of hydrogen-bond donors (Lipinski definition) is 1. The van der Waals surface area contributed by atoms with Gasteiger partial charge in [0.1, 0.15) is 11.9 Å². The molecule has 0 spiro atoms. The number of halogens is 2. The van der Waals surface area contributed by atoms with Crippen LogP contribution >= 0.6 is 43.2 Å². The summed E-state index contributed by atoms with van der Waals surface area (Å²) in [7, 11) is 0. The van der Waals surface area contributed by atoms with Gasteiger partial charge in [-0.25, -0.2) is 0 Å². The van der Waals surface area contributed by atoms with Crippen LogP contribution in [0.25, 0.3) is 0 Å². The van der Waals surface area contributed by atoms with Gasteiger partial charge in [0.05, 0.1) is 10.0 Å². The second-order valence-electron chi connectivity index (χ2n) is 3.11. The highest BCUT2D eigenvalue weighted by Gasteiger charge is 2.18. The first kappa shape index (κ1) is 11.4. The molecule has 0 fully saturated rings. The summed E-state index contributed by atoms with van der Waals surface area (Å²) in [6.07, 6.45) is 0.974. The molecule has 1 unspecified atom stereocenters. The van der Waals surface area contributed by atoms with Gasteiger partial charge in [-0.05, 0) is 50.9 Å². The van der Waals surface area contributed by atoms with Crippen LogP contribution in [-0.4, -0.2) is 5.11 Å². The molecular weight excluding hydrogens is 344 g/mol. The van der Waals surface area contributed by atoms with Gasteiger partial charge in [-0.1, -0.05) is 0 Å². The van der Waals surface area contributed by atoms with Crippen molar-refractivity contribution in [2.75, 3.05) is 0 Å². The molecule has 0 aliphatic heterocycles. The van der Waals surface area contributed by atoms with E-state index >= 15 is 0 Å². The van der Waals surface area contributed by atoms with Crippen molar-refractivity contribution >= 4 is 43.2 Å². The maximum atomic E-state index is 10.1. The largest absolute Gasteiger partial charge is 0.469 e. The summed E-state index contributed by atoms with van der Waals surface area (Å²) in [5.74, 6) is 0.753. The minimum Gasteiger partial charge on any atom is -0.469 e. The van der Waals surface area contributed by atoms with Gasteiger partial charge in [0.15, 0.2) is 0 Å². The van der Waals surface area contributed by atoms with Crippen molar-refractivity contribution in [2.45, 2.75) is 13.0 Å². The molecule has 5 heteroatoms. The predicted octanol–water partition coefficient (Wildman–Crippen LogP) is 4.26. The lowest BCUT2D eigenvalue weighted by Gasteiger charge is -2.06. The molecule has 0 aromatic carbocycles. The Morgan fingerprint density at radius 1 is 1.47 bits per heavy atom. The topological polar surface area (TPSA) is 33.4 Å². The maximum Gasteiger partial charge on any atom is 0.117 e. The van der Waals surface area contributed by atoms with E-state index in [1.54, 1.807) is 12.3 Å². The lowest BCUT2D eigenvalue weighted by Crippen LogP contribution is -1.96. The van der Waals surface area contributed by atoms with E-state index in [4.69, 9.17) is 4.42 Å². The lowest BCUT2D eigenvalue weighted by molar-refractivity contribution is 0.222. The van der Waals surface area contributed by atoms with Gasteiger partial charge in [-0.2, -0.15) is 0 Å². The molecule has 2 aromatic rings. The highest BCUT2D eigenvalue weighted by Crippen LogP contribution is 2.38. The third kappa shape index (κ3) is 2.20. The highest BCUT2D eigenvalue weighted by atomic mass is 79.9. The van der Waals surface area contributed by atoms with Crippen LogP contribution in [0, 0.1) is 6.92 Å². The van der Waals surface area contributed by atoms with Crippen LogP contribution in [-0.2, 0) is 0 Å². The van der Waals surface area contributed by atoms with Crippen molar-refractivity contribution in [3.63, 3.8) is 0 Å². The monoisotopic (exact) mass is 350 g/mol. The summed E-state index contributed by atoms with van der Waals surface area (Å²) < 4.78 is 7.11. The molecule has 0 aliphatic carbocycles. The van der Waals surface area contributed by atoms with Gasteiger partial charge in [-0.3, -0.25) is 0 Å². The zero-order valence-corrected chi connectivity index (χ0v) is 11.8. The molecular formula is C10H8Br2O2S. The summed E-state index contributed by atoms with van der Waals surface area (Å²) in [4.78, 5) is 0.887. The average Bonchev–Trinajstić information content (AvgIpc) is 2.74. The molecule has 0 bridgehead atoms. The van der Waals surface area contributed by atoms with E-state index in [0.717, 1.165) is 24.5 Å². The number of aliphatic hydroxyl groups is 1. The smallest absolute Gasteiger partial charge is 0.117 e. The van der Waals surface area contributed by atoms with Gasteiger partial charge >= 0.3 is 0 Å². The number of aryl methyl sites for hydroxylation is 1. The van der Waals surface area contributed by atoms with Gasteiger partial charge in [-0.15, -0.1) is 11.3 Å². The Morgan fingerprint density at radius 2 is 2.20 bits per heavy atom. The second-order valence-corrected chi connectivity index (χ2v) is 6.36. The van der Waals surface area contributed by atoms with Crippen molar-refractivity contribution in [2.24, 2.45) is 0 Å². The summed E-state index contributed by atoms with van der Waals surface area (Å²) >= 11 is 8.31. The third-order valence-electron chi connectivity index (χ3n) is 2.13. The summed E-state index contributed by atoms with van der Waals surface area (Å²) in [6.45, 7) is 1.84. The van der Waals surface area contributed by atoms with Crippen LogP contribution in [0.2, 0.25) is 0 Å². The first-order valence-corrected chi connectivity index (χ1v) is 6.66. The molecule has 2 heterocycles. The SMILES string of the molecule is Cc1occc1C(O)c1cc(Br)c(Br)s1. The molecule has 1 N–H and O–H groups in total. The van der Waals surface area contributed by atoms with Crippen molar-refractivity contribution in [1.82, 2.24) is 0 Å². The molecule has 80 valence electrons. The zero-order valence-electron chi connectivity index (χ0n) is 7.83. The van der Waals surface area contributed by atoms with Crippen molar-refractivity contribution in [3.8, 4) is 0 Å². The fourth-order valence-corrected chi connectivity index (χ4v) is 3.42. The molecule has 2 nitrogen and oxygen atoms in total. The van der Waals surface area contributed by atoms with E-state index in [1.165, 1.54) is 11.3 Å².